The third-order valence-corrected chi connectivity index (χ3v) is 5.13. The topological polar surface area (TPSA) is 88.1 Å². The number of nitrogens with zero attached hydrogens (tertiary/aromatic N) is 2. The van der Waals surface area contributed by atoms with Crippen molar-refractivity contribution < 1.29 is 17.9 Å². The van der Waals surface area contributed by atoms with Crippen LogP contribution in [0, 0.1) is 0 Å². The molecule has 2 rings (SSSR count). The van der Waals surface area contributed by atoms with Gasteiger partial charge >= 0.3 is 0 Å². The van der Waals surface area contributed by atoms with Crippen molar-refractivity contribution in [3.8, 4) is 5.75 Å². The van der Waals surface area contributed by atoms with Gasteiger partial charge in [0.15, 0.2) is 0 Å². The van der Waals surface area contributed by atoms with E-state index >= 15 is 0 Å². The average molecular weight is 361 g/mol. The van der Waals surface area contributed by atoms with E-state index in [1.807, 2.05) is 0 Å². The van der Waals surface area contributed by atoms with Gasteiger partial charge in [0.25, 0.3) is 5.91 Å². The summed E-state index contributed by atoms with van der Waals surface area (Å²) in [5.74, 6) is 0.130. The minimum atomic E-state index is -3.72. The van der Waals surface area contributed by atoms with Crippen LogP contribution in [0.15, 0.2) is 64.6 Å². The van der Waals surface area contributed by atoms with Crippen LogP contribution in [-0.2, 0) is 14.8 Å². The molecule has 8 heteroatoms. The van der Waals surface area contributed by atoms with E-state index in [4.69, 9.17) is 4.74 Å². The van der Waals surface area contributed by atoms with Crippen molar-refractivity contribution in [2.45, 2.75) is 4.90 Å². The number of methoxy groups -OCH3 is 1. The van der Waals surface area contributed by atoms with E-state index in [0.29, 0.717) is 5.75 Å². The Labute approximate surface area is 147 Å². The smallest absolute Gasteiger partial charge is 0.255 e. The van der Waals surface area contributed by atoms with Crippen LogP contribution in [0.1, 0.15) is 5.56 Å². The summed E-state index contributed by atoms with van der Waals surface area (Å²) in [6.07, 6.45) is 1.45. The summed E-state index contributed by atoms with van der Waals surface area (Å²) in [7, 11) is -0.819. The molecule has 2 aromatic carbocycles. The highest BCUT2D eigenvalue weighted by Crippen LogP contribution is 2.13. The lowest BCUT2D eigenvalue weighted by Gasteiger charge is -2.15. The zero-order valence-corrected chi connectivity index (χ0v) is 14.7. The van der Waals surface area contributed by atoms with E-state index in [2.05, 4.69) is 10.5 Å². The molecule has 1 N–H and O–H groups in total. The first-order valence-corrected chi connectivity index (χ1v) is 8.85. The molecule has 0 radical (unpaired) electrons. The highest BCUT2D eigenvalue weighted by atomic mass is 32.2. The summed E-state index contributed by atoms with van der Waals surface area (Å²) in [6.45, 7) is -0.341. The molecule has 0 spiro atoms. The Hall–Kier alpha value is -2.71. The Morgan fingerprint density at radius 3 is 2.60 bits per heavy atom. The summed E-state index contributed by atoms with van der Waals surface area (Å²) in [6, 6.07) is 15.1. The van der Waals surface area contributed by atoms with Gasteiger partial charge < -0.3 is 4.74 Å². The fourth-order valence-corrected chi connectivity index (χ4v) is 3.14. The van der Waals surface area contributed by atoms with Crippen LogP contribution in [-0.4, -0.2) is 45.5 Å². The number of amides is 1. The summed E-state index contributed by atoms with van der Waals surface area (Å²) >= 11 is 0. The van der Waals surface area contributed by atoms with Gasteiger partial charge in [-0.2, -0.15) is 9.41 Å². The number of ether oxygens (including phenoxy) is 1. The number of rotatable bonds is 7. The maximum atomic E-state index is 12.3. The van der Waals surface area contributed by atoms with Crippen molar-refractivity contribution in [1.82, 2.24) is 9.73 Å². The third-order valence-electron chi connectivity index (χ3n) is 3.31. The molecule has 132 valence electrons. The molecule has 2 aromatic rings. The number of benzene rings is 2. The van der Waals surface area contributed by atoms with Gasteiger partial charge in [-0.25, -0.2) is 13.8 Å². The van der Waals surface area contributed by atoms with Crippen molar-refractivity contribution in [2.75, 3.05) is 20.7 Å². The number of sulfonamides is 1. The number of carbonyl (C=O) groups excluding carboxylic acids is 1. The largest absolute Gasteiger partial charge is 0.497 e. The van der Waals surface area contributed by atoms with Crippen LogP contribution in [0.3, 0.4) is 0 Å². The Balaban J connectivity index is 1.94. The van der Waals surface area contributed by atoms with E-state index in [0.717, 1.165) is 9.87 Å². The molecule has 0 fully saturated rings. The molecule has 0 aliphatic heterocycles. The Kier molecular flexibility index (Phi) is 6.26. The Morgan fingerprint density at radius 1 is 1.20 bits per heavy atom. The summed E-state index contributed by atoms with van der Waals surface area (Å²) < 4.78 is 30.7. The number of carbonyl (C=O) groups is 1. The van der Waals surface area contributed by atoms with E-state index in [-0.39, 0.29) is 11.4 Å². The standard InChI is InChI=1S/C17H19N3O4S/c1-20(25(22,23)16-9-4-3-5-10-16)13-17(21)19-18-12-14-7-6-8-15(11-14)24-2/h3-12H,13H2,1-2H3,(H,19,21)/b18-12+. The number of hydrogen-bond acceptors (Lipinski definition) is 5. The monoisotopic (exact) mass is 361 g/mol. The van der Waals surface area contributed by atoms with Crippen LogP contribution < -0.4 is 10.2 Å². The number of likely N-dealkylation sites (N-methyl/N-ethyl adjacent to an activating group) is 1. The fraction of sp³-hybridized carbons (Fsp3) is 0.176. The number of nitrogens with one attached hydrogen (secondary N) is 1. The van der Waals surface area contributed by atoms with Gasteiger partial charge in [0.05, 0.1) is 24.8 Å². The molecule has 0 aliphatic rings. The second-order valence-corrected chi connectivity index (χ2v) is 7.19. The second-order valence-electron chi connectivity index (χ2n) is 5.14. The maximum absolute atomic E-state index is 12.3. The minimum Gasteiger partial charge on any atom is -0.497 e. The van der Waals surface area contributed by atoms with E-state index < -0.39 is 15.9 Å². The van der Waals surface area contributed by atoms with E-state index in [1.54, 1.807) is 49.6 Å². The normalized spacial score (nSPS) is 11.6. The average Bonchev–Trinajstić information content (AvgIpc) is 2.62. The molecular weight excluding hydrogens is 342 g/mol. The first kappa shape index (κ1) is 18.6. The summed E-state index contributed by atoms with van der Waals surface area (Å²) in [4.78, 5) is 12.0. The van der Waals surface area contributed by atoms with Crippen molar-refractivity contribution in [3.63, 3.8) is 0 Å². The quantitative estimate of drug-likeness (QED) is 0.597. The lowest BCUT2D eigenvalue weighted by Crippen LogP contribution is -2.36. The van der Waals surface area contributed by atoms with Crippen LogP contribution in [0.25, 0.3) is 0 Å². The zero-order valence-electron chi connectivity index (χ0n) is 13.9. The highest BCUT2D eigenvalue weighted by Gasteiger charge is 2.22. The predicted molar refractivity (Wildman–Crippen MR) is 95.0 cm³/mol. The second kappa shape index (κ2) is 8.41. The lowest BCUT2D eigenvalue weighted by atomic mass is 10.2. The fourth-order valence-electron chi connectivity index (χ4n) is 2.00. The molecule has 0 aromatic heterocycles. The zero-order chi connectivity index (χ0) is 18.3. The number of hydrogen-bond donors (Lipinski definition) is 1. The molecule has 7 nitrogen and oxygen atoms in total. The first-order valence-electron chi connectivity index (χ1n) is 7.41. The van der Waals surface area contributed by atoms with Crippen molar-refractivity contribution in [3.05, 3.63) is 60.2 Å². The van der Waals surface area contributed by atoms with Crippen LogP contribution in [0.5, 0.6) is 5.75 Å². The molecule has 0 saturated heterocycles. The Bertz CT molecular complexity index is 851. The Morgan fingerprint density at radius 2 is 1.92 bits per heavy atom. The van der Waals surface area contributed by atoms with Crippen molar-refractivity contribution in [2.24, 2.45) is 5.10 Å². The molecule has 0 bridgehead atoms. The summed E-state index contributed by atoms with van der Waals surface area (Å²) in [5.41, 5.74) is 3.05. The van der Waals surface area contributed by atoms with Crippen LogP contribution in [0.2, 0.25) is 0 Å². The van der Waals surface area contributed by atoms with E-state index in [9.17, 15) is 13.2 Å². The van der Waals surface area contributed by atoms with Crippen LogP contribution >= 0.6 is 0 Å². The minimum absolute atomic E-state index is 0.130. The van der Waals surface area contributed by atoms with Gasteiger partial charge in [-0.3, -0.25) is 4.79 Å². The first-order chi connectivity index (χ1) is 11.9. The summed E-state index contributed by atoms with van der Waals surface area (Å²) in [5, 5.41) is 3.82. The van der Waals surface area contributed by atoms with Crippen LogP contribution in [0.4, 0.5) is 0 Å². The molecule has 1 amide bonds. The van der Waals surface area contributed by atoms with Gasteiger partial charge in [-0.15, -0.1) is 0 Å². The van der Waals surface area contributed by atoms with Gasteiger partial charge in [-0.05, 0) is 29.8 Å². The predicted octanol–water partition coefficient (Wildman–Crippen LogP) is 1.47. The van der Waals surface area contributed by atoms with Crippen molar-refractivity contribution >= 4 is 22.1 Å². The SMILES string of the molecule is COc1cccc(/C=N/NC(=O)CN(C)S(=O)(=O)c2ccccc2)c1. The van der Waals surface area contributed by atoms with Gasteiger partial charge in [0.1, 0.15) is 5.75 Å². The van der Waals surface area contributed by atoms with Crippen molar-refractivity contribution in [1.29, 1.82) is 0 Å². The number of hydrazone groups is 1. The third kappa shape index (κ3) is 5.13. The molecule has 0 heterocycles. The lowest BCUT2D eigenvalue weighted by molar-refractivity contribution is -0.121. The molecule has 0 saturated carbocycles. The van der Waals surface area contributed by atoms with Gasteiger partial charge in [-0.1, -0.05) is 30.3 Å². The molecular formula is C17H19N3O4S. The van der Waals surface area contributed by atoms with Gasteiger partial charge in [0, 0.05) is 7.05 Å². The maximum Gasteiger partial charge on any atom is 0.255 e. The molecule has 25 heavy (non-hydrogen) atoms. The molecule has 0 aliphatic carbocycles. The molecule has 0 unspecified atom stereocenters. The van der Waals surface area contributed by atoms with Gasteiger partial charge in [0.2, 0.25) is 10.0 Å². The molecule has 0 atom stereocenters. The highest BCUT2D eigenvalue weighted by molar-refractivity contribution is 7.89. The van der Waals surface area contributed by atoms with E-state index in [1.165, 1.54) is 25.4 Å².